The maximum absolute atomic E-state index is 12.3. The highest BCUT2D eigenvalue weighted by atomic mass is 35.5. The van der Waals surface area contributed by atoms with Crippen molar-refractivity contribution in [2.24, 2.45) is 0 Å². The van der Waals surface area contributed by atoms with Crippen LogP contribution in [0, 0.1) is 0 Å². The number of halogens is 1. The molecule has 0 bridgehead atoms. The van der Waals surface area contributed by atoms with E-state index in [9.17, 15) is 9.59 Å². The molecule has 0 fully saturated rings. The third-order valence-electron chi connectivity index (χ3n) is 3.44. The van der Waals surface area contributed by atoms with Gasteiger partial charge in [-0.2, -0.15) is 0 Å². The maximum Gasteiger partial charge on any atom is 0.193 e. The molecule has 0 radical (unpaired) electrons. The van der Waals surface area contributed by atoms with Gasteiger partial charge in [0.05, 0.1) is 0 Å². The topological polar surface area (TPSA) is 43.4 Å². The number of benzene rings is 2. The molecule has 0 aliphatic carbocycles. The highest BCUT2D eigenvalue weighted by Gasteiger charge is 2.25. The van der Waals surface area contributed by atoms with Crippen LogP contribution in [0.25, 0.3) is 0 Å². The molecule has 2 aromatic rings. The summed E-state index contributed by atoms with van der Waals surface area (Å²) in [6.07, 6.45) is 0. The quantitative estimate of drug-likeness (QED) is 0.772. The Bertz CT molecular complexity index is 685. The monoisotopic (exact) mass is 316 g/mol. The smallest absolute Gasteiger partial charge is 0.193 e. The van der Waals surface area contributed by atoms with E-state index in [0.717, 1.165) is 0 Å². The van der Waals surface area contributed by atoms with Gasteiger partial charge in [0.15, 0.2) is 17.2 Å². The van der Waals surface area contributed by atoms with Crippen LogP contribution in [0.5, 0.6) is 5.75 Å². The van der Waals surface area contributed by atoms with Crippen LogP contribution in [-0.4, -0.2) is 17.2 Å². The molecule has 0 aromatic heterocycles. The summed E-state index contributed by atoms with van der Waals surface area (Å²) in [5.41, 5.74) is 0.235. The van der Waals surface area contributed by atoms with Gasteiger partial charge in [-0.15, -0.1) is 0 Å². The zero-order valence-corrected chi connectivity index (χ0v) is 13.5. The Balaban J connectivity index is 2.16. The van der Waals surface area contributed by atoms with Gasteiger partial charge >= 0.3 is 0 Å². The molecule has 22 heavy (non-hydrogen) atoms. The summed E-state index contributed by atoms with van der Waals surface area (Å²) >= 11 is 5.81. The van der Waals surface area contributed by atoms with Crippen LogP contribution in [-0.2, 0) is 4.79 Å². The van der Waals surface area contributed by atoms with E-state index in [1.165, 1.54) is 6.92 Å². The van der Waals surface area contributed by atoms with Crippen molar-refractivity contribution in [3.63, 3.8) is 0 Å². The minimum atomic E-state index is -0.887. The van der Waals surface area contributed by atoms with Gasteiger partial charge in [0.2, 0.25) is 0 Å². The second-order valence-corrected chi connectivity index (χ2v) is 5.97. The van der Waals surface area contributed by atoms with Gasteiger partial charge < -0.3 is 4.74 Å². The van der Waals surface area contributed by atoms with Crippen LogP contribution < -0.4 is 4.74 Å². The maximum atomic E-state index is 12.3. The van der Waals surface area contributed by atoms with Crippen molar-refractivity contribution in [3.05, 3.63) is 64.7 Å². The normalized spacial score (nSPS) is 11.1. The van der Waals surface area contributed by atoms with Crippen molar-refractivity contribution >= 4 is 23.2 Å². The van der Waals surface area contributed by atoms with Crippen LogP contribution in [0.2, 0.25) is 5.02 Å². The predicted octanol–water partition coefficient (Wildman–Crippen LogP) is 4.32. The van der Waals surface area contributed by atoms with Crippen molar-refractivity contribution in [1.29, 1.82) is 0 Å². The Morgan fingerprint density at radius 2 is 1.36 bits per heavy atom. The van der Waals surface area contributed by atoms with Crippen molar-refractivity contribution in [2.75, 3.05) is 0 Å². The van der Waals surface area contributed by atoms with E-state index < -0.39 is 5.60 Å². The third-order valence-corrected chi connectivity index (χ3v) is 3.70. The van der Waals surface area contributed by atoms with E-state index in [1.54, 1.807) is 62.4 Å². The van der Waals surface area contributed by atoms with Gasteiger partial charge in [0, 0.05) is 16.1 Å². The number of carbonyl (C=O) groups is 2. The minimum Gasteiger partial charge on any atom is -0.480 e. The lowest BCUT2D eigenvalue weighted by atomic mass is 10.0. The standard InChI is InChI=1S/C18H17ClO3/c1-12(20)18(2,3)22-16-10-6-14(7-11-16)17(21)13-4-8-15(19)9-5-13/h4-11H,1-3H3. The fraction of sp³-hybridized carbons (Fsp3) is 0.222. The van der Waals surface area contributed by atoms with Gasteiger partial charge in [0.25, 0.3) is 0 Å². The molecule has 0 atom stereocenters. The average Bonchev–Trinajstić information content (AvgIpc) is 2.47. The molecule has 0 aliphatic rings. The SMILES string of the molecule is CC(=O)C(C)(C)Oc1ccc(C(=O)c2ccc(Cl)cc2)cc1. The fourth-order valence-corrected chi connectivity index (χ4v) is 1.93. The molecule has 0 amide bonds. The first kappa shape index (κ1) is 16.2. The molecule has 4 heteroatoms. The Morgan fingerprint density at radius 1 is 0.909 bits per heavy atom. The van der Waals surface area contributed by atoms with Crippen LogP contribution in [0.4, 0.5) is 0 Å². The molecular formula is C18H17ClO3. The van der Waals surface area contributed by atoms with Gasteiger partial charge in [-0.25, -0.2) is 0 Å². The van der Waals surface area contributed by atoms with Gasteiger partial charge in [0.1, 0.15) is 5.75 Å². The van der Waals surface area contributed by atoms with E-state index in [-0.39, 0.29) is 11.6 Å². The van der Waals surface area contributed by atoms with Crippen molar-refractivity contribution in [1.82, 2.24) is 0 Å². The molecule has 3 nitrogen and oxygen atoms in total. The van der Waals surface area contributed by atoms with Crippen molar-refractivity contribution in [3.8, 4) is 5.75 Å². The number of ketones is 2. The summed E-state index contributed by atoms with van der Waals surface area (Å²) in [4.78, 5) is 23.8. The summed E-state index contributed by atoms with van der Waals surface area (Å²) < 4.78 is 5.64. The number of hydrogen-bond acceptors (Lipinski definition) is 3. The zero-order chi connectivity index (χ0) is 16.3. The molecule has 114 valence electrons. The predicted molar refractivity (Wildman–Crippen MR) is 86.7 cm³/mol. The Kier molecular flexibility index (Phi) is 4.67. The van der Waals surface area contributed by atoms with E-state index >= 15 is 0 Å². The summed E-state index contributed by atoms with van der Waals surface area (Å²) in [6, 6.07) is 13.5. The summed E-state index contributed by atoms with van der Waals surface area (Å²) in [5, 5.41) is 0.590. The first-order valence-electron chi connectivity index (χ1n) is 6.90. The molecule has 0 aliphatic heterocycles. The van der Waals surface area contributed by atoms with Gasteiger partial charge in [-0.3, -0.25) is 9.59 Å². The lowest BCUT2D eigenvalue weighted by Gasteiger charge is -2.23. The molecular weight excluding hydrogens is 300 g/mol. The molecule has 0 N–H and O–H groups in total. The Morgan fingerprint density at radius 3 is 1.82 bits per heavy atom. The summed E-state index contributed by atoms with van der Waals surface area (Å²) in [5.74, 6) is 0.399. The summed E-state index contributed by atoms with van der Waals surface area (Å²) in [7, 11) is 0. The highest BCUT2D eigenvalue weighted by molar-refractivity contribution is 6.30. The minimum absolute atomic E-state index is 0.0613. The van der Waals surface area contributed by atoms with Gasteiger partial charge in [-0.1, -0.05) is 11.6 Å². The number of ether oxygens (including phenoxy) is 1. The first-order chi connectivity index (χ1) is 10.3. The zero-order valence-electron chi connectivity index (χ0n) is 12.7. The van der Waals surface area contributed by atoms with Crippen LogP contribution in [0.1, 0.15) is 36.7 Å². The molecule has 2 aromatic carbocycles. The fourth-order valence-electron chi connectivity index (χ4n) is 1.81. The van der Waals surface area contributed by atoms with E-state index in [1.807, 2.05) is 0 Å². The number of carbonyl (C=O) groups excluding carboxylic acids is 2. The largest absolute Gasteiger partial charge is 0.480 e. The Labute approximate surface area is 134 Å². The molecule has 0 heterocycles. The first-order valence-corrected chi connectivity index (χ1v) is 7.28. The number of Topliss-reactive ketones (excluding diaryl/α,β-unsaturated/α-hetero) is 1. The second-order valence-electron chi connectivity index (χ2n) is 5.53. The van der Waals surface area contributed by atoms with E-state index in [0.29, 0.717) is 21.9 Å². The molecule has 0 saturated heterocycles. The lowest BCUT2D eigenvalue weighted by Crippen LogP contribution is -2.36. The second kappa shape index (κ2) is 6.32. The third kappa shape index (κ3) is 3.74. The molecule has 0 spiro atoms. The van der Waals surface area contributed by atoms with Gasteiger partial charge in [-0.05, 0) is 69.3 Å². The van der Waals surface area contributed by atoms with Crippen LogP contribution >= 0.6 is 11.6 Å². The molecule has 0 saturated carbocycles. The summed E-state index contributed by atoms with van der Waals surface area (Å²) in [6.45, 7) is 4.91. The number of hydrogen-bond donors (Lipinski definition) is 0. The van der Waals surface area contributed by atoms with Crippen LogP contribution in [0.3, 0.4) is 0 Å². The van der Waals surface area contributed by atoms with Crippen LogP contribution in [0.15, 0.2) is 48.5 Å². The van der Waals surface area contributed by atoms with Crippen molar-refractivity contribution in [2.45, 2.75) is 26.4 Å². The molecule has 0 unspecified atom stereocenters. The highest BCUT2D eigenvalue weighted by Crippen LogP contribution is 2.21. The van der Waals surface area contributed by atoms with Crippen molar-refractivity contribution < 1.29 is 14.3 Å². The van der Waals surface area contributed by atoms with E-state index in [2.05, 4.69) is 0 Å². The number of rotatable bonds is 5. The average molecular weight is 317 g/mol. The van der Waals surface area contributed by atoms with E-state index in [4.69, 9.17) is 16.3 Å². The lowest BCUT2D eigenvalue weighted by molar-refractivity contribution is -0.129. The Hall–Kier alpha value is -2.13. The molecule has 2 rings (SSSR count).